The number of ether oxygens (including phenoxy) is 1. The molecule has 0 radical (unpaired) electrons. The van der Waals surface area contributed by atoms with Crippen LogP contribution >= 0.6 is 11.3 Å². The second-order valence-electron chi connectivity index (χ2n) is 7.09. The van der Waals surface area contributed by atoms with Gasteiger partial charge in [-0.2, -0.15) is 0 Å². The molecule has 0 aromatic carbocycles. The van der Waals surface area contributed by atoms with Gasteiger partial charge in [-0.3, -0.25) is 0 Å². The summed E-state index contributed by atoms with van der Waals surface area (Å²) in [7, 11) is 0. The Hall–Kier alpha value is -1.07. The Labute approximate surface area is 137 Å². The number of hydrogen-bond donors (Lipinski definition) is 2. The Morgan fingerprint density at radius 1 is 1.41 bits per heavy atom. The molecule has 124 valence electrons. The van der Waals surface area contributed by atoms with Crippen LogP contribution in [0.4, 0.5) is 4.79 Å². The SMILES string of the molecule is Cc1ccsc1CNC1CCCC1CNC(=O)OC(C)(C)C. The lowest BCUT2D eigenvalue weighted by atomic mass is 10.0. The van der Waals surface area contributed by atoms with Crippen molar-refractivity contribution in [3.8, 4) is 0 Å². The molecule has 2 rings (SSSR count). The van der Waals surface area contributed by atoms with Crippen LogP contribution in [0.2, 0.25) is 0 Å². The average molecular weight is 324 g/mol. The zero-order chi connectivity index (χ0) is 16.2. The van der Waals surface area contributed by atoms with E-state index in [9.17, 15) is 4.79 Å². The molecule has 1 fully saturated rings. The zero-order valence-electron chi connectivity index (χ0n) is 14.1. The molecular weight excluding hydrogens is 296 g/mol. The third-order valence-electron chi connectivity index (χ3n) is 4.06. The molecule has 1 heterocycles. The van der Waals surface area contributed by atoms with E-state index < -0.39 is 5.60 Å². The number of rotatable bonds is 5. The Balaban J connectivity index is 1.76. The Bertz CT molecular complexity index is 493. The highest BCUT2D eigenvalue weighted by molar-refractivity contribution is 7.10. The average Bonchev–Trinajstić information content (AvgIpc) is 3.00. The van der Waals surface area contributed by atoms with Crippen molar-refractivity contribution in [1.29, 1.82) is 0 Å². The second kappa shape index (κ2) is 7.47. The highest BCUT2D eigenvalue weighted by atomic mass is 32.1. The van der Waals surface area contributed by atoms with Gasteiger partial charge in [-0.05, 0) is 63.5 Å². The summed E-state index contributed by atoms with van der Waals surface area (Å²) in [6, 6.07) is 2.65. The van der Waals surface area contributed by atoms with Crippen LogP contribution in [0, 0.1) is 12.8 Å². The predicted octanol–water partition coefficient (Wildman–Crippen LogP) is 3.84. The lowest BCUT2D eigenvalue weighted by Gasteiger charge is -2.23. The van der Waals surface area contributed by atoms with Crippen molar-refractivity contribution in [3.63, 3.8) is 0 Å². The quantitative estimate of drug-likeness (QED) is 0.865. The van der Waals surface area contributed by atoms with Crippen molar-refractivity contribution in [2.75, 3.05) is 6.54 Å². The number of carbonyl (C=O) groups excluding carboxylic acids is 1. The van der Waals surface area contributed by atoms with Crippen LogP contribution in [0.15, 0.2) is 11.4 Å². The summed E-state index contributed by atoms with van der Waals surface area (Å²) in [4.78, 5) is 13.2. The van der Waals surface area contributed by atoms with E-state index in [1.807, 2.05) is 20.8 Å². The number of aryl methyl sites for hydroxylation is 1. The lowest BCUT2D eigenvalue weighted by molar-refractivity contribution is 0.0517. The molecule has 1 aliphatic carbocycles. The fourth-order valence-corrected chi connectivity index (χ4v) is 3.74. The van der Waals surface area contributed by atoms with Gasteiger partial charge in [0.05, 0.1) is 0 Å². The van der Waals surface area contributed by atoms with Crippen LogP contribution in [-0.2, 0) is 11.3 Å². The monoisotopic (exact) mass is 324 g/mol. The molecule has 2 N–H and O–H groups in total. The maximum Gasteiger partial charge on any atom is 0.407 e. The molecule has 4 nitrogen and oxygen atoms in total. The van der Waals surface area contributed by atoms with Crippen LogP contribution in [0.5, 0.6) is 0 Å². The maximum atomic E-state index is 11.8. The third-order valence-corrected chi connectivity index (χ3v) is 5.08. The predicted molar refractivity (Wildman–Crippen MR) is 91.3 cm³/mol. The van der Waals surface area contributed by atoms with Crippen molar-refractivity contribution >= 4 is 17.4 Å². The molecule has 0 aliphatic heterocycles. The van der Waals surface area contributed by atoms with E-state index in [2.05, 4.69) is 29.0 Å². The van der Waals surface area contributed by atoms with Crippen LogP contribution in [0.25, 0.3) is 0 Å². The van der Waals surface area contributed by atoms with Gasteiger partial charge < -0.3 is 15.4 Å². The smallest absolute Gasteiger partial charge is 0.407 e. The topological polar surface area (TPSA) is 50.4 Å². The first-order valence-electron chi connectivity index (χ1n) is 8.08. The van der Waals surface area contributed by atoms with Gasteiger partial charge >= 0.3 is 6.09 Å². The molecule has 2 atom stereocenters. The van der Waals surface area contributed by atoms with Gasteiger partial charge in [0.1, 0.15) is 5.60 Å². The first kappa shape index (κ1) is 17.3. The first-order valence-corrected chi connectivity index (χ1v) is 8.96. The van der Waals surface area contributed by atoms with E-state index in [4.69, 9.17) is 4.74 Å². The summed E-state index contributed by atoms with van der Waals surface area (Å²) < 4.78 is 5.30. The maximum absolute atomic E-state index is 11.8. The zero-order valence-corrected chi connectivity index (χ0v) is 14.9. The molecule has 1 aliphatic rings. The number of carbonyl (C=O) groups is 1. The van der Waals surface area contributed by atoms with Gasteiger partial charge in [0, 0.05) is 24.0 Å². The Kier molecular flexibility index (Phi) is 5.87. The molecule has 1 aromatic heterocycles. The van der Waals surface area contributed by atoms with Gasteiger partial charge in [0.2, 0.25) is 0 Å². The Morgan fingerprint density at radius 2 is 2.18 bits per heavy atom. The number of thiophene rings is 1. The van der Waals surface area contributed by atoms with E-state index >= 15 is 0 Å². The van der Waals surface area contributed by atoms with Crippen molar-refractivity contribution < 1.29 is 9.53 Å². The van der Waals surface area contributed by atoms with Gasteiger partial charge in [-0.1, -0.05) is 6.42 Å². The van der Waals surface area contributed by atoms with E-state index in [0.29, 0.717) is 18.5 Å². The van der Waals surface area contributed by atoms with Gasteiger partial charge in [0.25, 0.3) is 0 Å². The van der Waals surface area contributed by atoms with Gasteiger partial charge in [-0.25, -0.2) is 4.79 Å². The van der Waals surface area contributed by atoms with Crippen molar-refractivity contribution in [3.05, 3.63) is 21.9 Å². The van der Waals surface area contributed by atoms with Crippen LogP contribution < -0.4 is 10.6 Å². The highest BCUT2D eigenvalue weighted by Gasteiger charge is 2.28. The van der Waals surface area contributed by atoms with Crippen LogP contribution in [-0.4, -0.2) is 24.3 Å². The molecule has 2 unspecified atom stereocenters. The van der Waals surface area contributed by atoms with Crippen molar-refractivity contribution in [2.24, 2.45) is 5.92 Å². The molecule has 0 spiro atoms. The molecule has 1 aromatic rings. The molecule has 0 bridgehead atoms. The minimum Gasteiger partial charge on any atom is -0.444 e. The minimum atomic E-state index is -0.436. The molecule has 1 amide bonds. The lowest BCUT2D eigenvalue weighted by Crippen LogP contribution is -2.40. The fraction of sp³-hybridized carbons (Fsp3) is 0.706. The normalized spacial score (nSPS) is 21.8. The van der Waals surface area contributed by atoms with Crippen LogP contribution in [0.3, 0.4) is 0 Å². The molecule has 0 saturated heterocycles. The van der Waals surface area contributed by atoms with E-state index in [1.54, 1.807) is 11.3 Å². The molecular formula is C17H28N2O2S. The fourth-order valence-electron chi connectivity index (χ4n) is 2.89. The van der Waals surface area contributed by atoms with Crippen molar-refractivity contribution in [2.45, 2.75) is 65.1 Å². The summed E-state index contributed by atoms with van der Waals surface area (Å²) in [5.41, 5.74) is 0.924. The third kappa shape index (κ3) is 5.29. The van der Waals surface area contributed by atoms with E-state index in [1.165, 1.54) is 23.3 Å². The number of alkyl carbamates (subject to hydrolysis) is 1. The van der Waals surface area contributed by atoms with Gasteiger partial charge in [0.15, 0.2) is 0 Å². The Morgan fingerprint density at radius 3 is 2.82 bits per heavy atom. The first-order chi connectivity index (χ1) is 10.3. The number of nitrogens with one attached hydrogen (secondary N) is 2. The highest BCUT2D eigenvalue weighted by Crippen LogP contribution is 2.26. The van der Waals surface area contributed by atoms with E-state index in [-0.39, 0.29) is 6.09 Å². The van der Waals surface area contributed by atoms with Crippen LogP contribution in [0.1, 0.15) is 50.5 Å². The largest absolute Gasteiger partial charge is 0.444 e. The molecule has 22 heavy (non-hydrogen) atoms. The standard InChI is InChI=1S/C17H28N2O2S/c1-12-8-9-22-15(12)11-18-14-7-5-6-13(14)10-19-16(20)21-17(2,3)4/h8-9,13-14,18H,5-7,10-11H2,1-4H3,(H,19,20). The summed E-state index contributed by atoms with van der Waals surface area (Å²) >= 11 is 1.81. The number of hydrogen-bond acceptors (Lipinski definition) is 4. The molecule has 1 saturated carbocycles. The van der Waals surface area contributed by atoms with Gasteiger partial charge in [-0.15, -0.1) is 11.3 Å². The summed E-state index contributed by atoms with van der Waals surface area (Å²) in [6.45, 7) is 9.43. The van der Waals surface area contributed by atoms with E-state index in [0.717, 1.165) is 13.0 Å². The second-order valence-corrected chi connectivity index (χ2v) is 8.09. The number of amides is 1. The summed E-state index contributed by atoms with van der Waals surface area (Å²) in [5, 5.41) is 8.72. The minimum absolute atomic E-state index is 0.313. The van der Waals surface area contributed by atoms with Crippen molar-refractivity contribution in [1.82, 2.24) is 10.6 Å². The summed E-state index contributed by atoms with van der Waals surface area (Å²) in [6.07, 6.45) is 3.26. The summed E-state index contributed by atoms with van der Waals surface area (Å²) in [5.74, 6) is 0.493. The molecule has 5 heteroatoms.